The van der Waals surface area contributed by atoms with E-state index in [9.17, 15) is 0 Å². The minimum absolute atomic E-state index is 0.410. The van der Waals surface area contributed by atoms with Gasteiger partial charge in [-0.25, -0.2) is 5.84 Å². The quantitative estimate of drug-likeness (QED) is 0.214. The molecule has 0 saturated heterocycles. The highest BCUT2D eigenvalue weighted by molar-refractivity contribution is 5.79. The van der Waals surface area contributed by atoms with Crippen molar-refractivity contribution in [2.45, 2.75) is 26.3 Å². The summed E-state index contributed by atoms with van der Waals surface area (Å²) in [5, 5.41) is 3.19. The summed E-state index contributed by atoms with van der Waals surface area (Å²) in [6.07, 6.45) is 1.19. The maximum absolute atomic E-state index is 5.20. The standard InChI is InChI=1S/C7H16N4/c1-7(2)4-5(7)10-6(9-3)11-8/h5H,4,8H2,1-3H3,(H2,9,10,11). The molecule has 1 atom stereocenters. The van der Waals surface area contributed by atoms with Crippen molar-refractivity contribution in [3.05, 3.63) is 0 Å². The van der Waals surface area contributed by atoms with Crippen molar-refractivity contribution < 1.29 is 0 Å². The van der Waals surface area contributed by atoms with E-state index in [0.29, 0.717) is 17.4 Å². The van der Waals surface area contributed by atoms with Crippen molar-refractivity contribution in [1.29, 1.82) is 0 Å². The zero-order valence-electron chi connectivity index (χ0n) is 7.31. The van der Waals surface area contributed by atoms with Crippen molar-refractivity contribution in [3.8, 4) is 0 Å². The Balaban J connectivity index is 2.33. The third-order valence-electron chi connectivity index (χ3n) is 2.18. The largest absolute Gasteiger partial charge is 0.352 e. The van der Waals surface area contributed by atoms with Gasteiger partial charge in [-0.3, -0.25) is 10.4 Å². The van der Waals surface area contributed by atoms with Crippen LogP contribution in [-0.2, 0) is 0 Å². The number of rotatable bonds is 1. The summed E-state index contributed by atoms with van der Waals surface area (Å²) >= 11 is 0. The molecule has 0 spiro atoms. The molecule has 1 rings (SSSR count). The molecular weight excluding hydrogens is 140 g/mol. The number of nitrogens with zero attached hydrogens (tertiary/aromatic N) is 1. The Morgan fingerprint density at radius 2 is 2.18 bits per heavy atom. The maximum Gasteiger partial charge on any atom is 0.205 e. The second-order valence-electron chi connectivity index (χ2n) is 3.61. The van der Waals surface area contributed by atoms with Gasteiger partial charge in [-0.15, -0.1) is 0 Å². The van der Waals surface area contributed by atoms with E-state index in [4.69, 9.17) is 5.84 Å². The van der Waals surface area contributed by atoms with Crippen LogP contribution in [0.5, 0.6) is 0 Å². The van der Waals surface area contributed by atoms with E-state index < -0.39 is 0 Å². The fraction of sp³-hybridized carbons (Fsp3) is 0.857. The van der Waals surface area contributed by atoms with Gasteiger partial charge in [-0.2, -0.15) is 0 Å². The first-order valence-corrected chi connectivity index (χ1v) is 3.80. The first-order chi connectivity index (χ1) is 5.10. The molecule has 0 radical (unpaired) electrons. The van der Waals surface area contributed by atoms with E-state index in [1.54, 1.807) is 7.05 Å². The molecule has 1 fully saturated rings. The van der Waals surface area contributed by atoms with Gasteiger partial charge in [0.1, 0.15) is 0 Å². The number of aliphatic imine (C=N–C) groups is 1. The summed E-state index contributed by atoms with van der Waals surface area (Å²) in [4.78, 5) is 3.92. The number of guanidine groups is 1. The molecule has 0 amide bonds. The van der Waals surface area contributed by atoms with Crippen molar-refractivity contribution >= 4 is 5.96 Å². The second kappa shape index (κ2) is 2.70. The zero-order valence-corrected chi connectivity index (χ0v) is 7.31. The summed E-state index contributed by atoms with van der Waals surface area (Å²) in [5.74, 6) is 5.87. The molecule has 0 aromatic rings. The fourth-order valence-corrected chi connectivity index (χ4v) is 1.05. The van der Waals surface area contributed by atoms with Crippen LogP contribution in [0.1, 0.15) is 20.3 Å². The first-order valence-electron chi connectivity index (χ1n) is 3.80. The highest BCUT2D eigenvalue weighted by Gasteiger charge is 2.46. The molecule has 1 unspecified atom stereocenters. The minimum atomic E-state index is 0.410. The van der Waals surface area contributed by atoms with Gasteiger partial charge in [0.15, 0.2) is 0 Å². The average molecular weight is 156 g/mol. The Morgan fingerprint density at radius 3 is 2.45 bits per heavy atom. The predicted octanol–water partition coefficient (Wildman–Crippen LogP) is -0.176. The number of nitrogens with two attached hydrogens (primary N) is 1. The van der Waals surface area contributed by atoms with Crippen LogP contribution in [0.3, 0.4) is 0 Å². The molecule has 4 N–H and O–H groups in total. The van der Waals surface area contributed by atoms with Crippen LogP contribution in [0.15, 0.2) is 4.99 Å². The topological polar surface area (TPSA) is 62.4 Å². The Labute approximate surface area is 67.2 Å². The van der Waals surface area contributed by atoms with E-state index in [0.717, 1.165) is 0 Å². The molecule has 4 nitrogen and oxygen atoms in total. The van der Waals surface area contributed by atoms with Gasteiger partial charge in [0.2, 0.25) is 5.96 Å². The van der Waals surface area contributed by atoms with Crippen molar-refractivity contribution in [2.24, 2.45) is 16.3 Å². The van der Waals surface area contributed by atoms with Crippen LogP contribution < -0.4 is 16.6 Å². The Kier molecular flexibility index (Phi) is 2.04. The first kappa shape index (κ1) is 8.33. The van der Waals surface area contributed by atoms with Crippen LogP contribution >= 0.6 is 0 Å². The minimum Gasteiger partial charge on any atom is -0.352 e. The molecule has 0 aliphatic heterocycles. The summed E-state index contributed by atoms with van der Waals surface area (Å²) in [5.41, 5.74) is 2.91. The van der Waals surface area contributed by atoms with Gasteiger partial charge in [0.25, 0.3) is 0 Å². The number of hydrogen-bond donors (Lipinski definition) is 3. The zero-order chi connectivity index (χ0) is 8.48. The Hall–Kier alpha value is -0.770. The number of hydrazine groups is 1. The predicted molar refractivity (Wildman–Crippen MR) is 46.0 cm³/mol. The Bertz CT molecular complexity index is 173. The van der Waals surface area contributed by atoms with Gasteiger partial charge in [0, 0.05) is 13.1 Å². The smallest absolute Gasteiger partial charge is 0.205 e. The van der Waals surface area contributed by atoms with E-state index in [1.807, 2.05) is 0 Å². The molecular formula is C7H16N4. The van der Waals surface area contributed by atoms with Gasteiger partial charge >= 0.3 is 0 Å². The average Bonchev–Trinajstić information content (AvgIpc) is 2.54. The van der Waals surface area contributed by atoms with Crippen molar-refractivity contribution in [3.63, 3.8) is 0 Å². The van der Waals surface area contributed by atoms with E-state index in [2.05, 4.69) is 29.6 Å². The van der Waals surface area contributed by atoms with Gasteiger partial charge in [-0.05, 0) is 11.8 Å². The molecule has 0 aromatic carbocycles. The molecule has 4 heteroatoms. The van der Waals surface area contributed by atoms with Crippen LogP contribution in [0, 0.1) is 5.41 Å². The SMILES string of the molecule is CN=C(NN)NC1CC1(C)C. The lowest BCUT2D eigenvalue weighted by molar-refractivity contribution is 0.590. The van der Waals surface area contributed by atoms with Crippen LogP contribution in [0.4, 0.5) is 0 Å². The van der Waals surface area contributed by atoms with E-state index in [-0.39, 0.29) is 0 Å². The molecule has 1 saturated carbocycles. The molecule has 64 valence electrons. The molecule has 0 aromatic heterocycles. The van der Waals surface area contributed by atoms with Gasteiger partial charge in [0.05, 0.1) is 0 Å². The van der Waals surface area contributed by atoms with Crippen LogP contribution in [0.2, 0.25) is 0 Å². The molecule has 11 heavy (non-hydrogen) atoms. The van der Waals surface area contributed by atoms with E-state index in [1.165, 1.54) is 6.42 Å². The van der Waals surface area contributed by atoms with Crippen molar-refractivity contribution in [2.75, 3.05) is 7.05 Å². The molecule has 1 aliphatic carbocycles. The fourth-order valence-electron chi connectivity index (χ4n) is 1.05. The van der Waals surface area contributed by atoms with Gasteiger partial charge < -0.3 is 5.32 Å². The van der Waals surface area contributed by atoms with Crippen LogP contribution in [0.25, 0.3) is 0 Å². The second-order valence-corrected chi connectivity index (χ2v) is 3.61. The normalized spacial score (nSPS) is 28.0. The highest BCUT2D eigenvalue weighted by Crippen LogP contribution is 2.44. The number of nitrogens with one attached hydrogen (secondary N) is 2. The highest BCUT2D eigenvalue weighted by atomic mass is 15.3. The summed E-state index contributed by atoms with van der Waals surface area (Å²) in [6.45, 7) is 4.43. The summed E-state index contributed by atoms with van der Waals surface area (Å²) < 4.78 is 0. The molecule has 0 bridgehead atoms. The monoisotopic (exact) mass is 156 g/mol. The van der Waals surface area contributed by atoms with E-state index >= 15 is 0 Å². The maximum atomic E-state index is 5.20. The lowest BCUT2D eigenvalue weighted by Gasteiger charge is -2.08. The molecule has 0 heterocycles. The van der Waals surface area contributed by atoms with Gasteiger partial charge in [-0.1, -0.05) is 13.8 Å². The van der Waals surface area contributed by atoms with Crippen molar-refractivity contribution in [1.82, 2.24) is 10.7 Å². The third-order valence-corrected chi connectivity index (χ3v) is 2.18. The molecule has 1 aliphatic rings. The Morgan fingerprint density at radius 1 is 1.64 bits per heavy atom. The van der Waals surface area contributed by atoms with Crippen LogP contribution in [-0.4, -0.2) is 19.0 Å². The number of hydrogen-bond acceptors (Lipinski definition) is 2. The third kappa shape index (κ3) is 1.83. The summed E-state index contributed by atoms with van der Waals surface area (Å²) in [6, 6.07) is 0.525. The lowest BCUT2D eigenvalue weighted by Crippen LogP contribution is -2.43. The lowest BCUT2D eigenvalue weighted by atomic mass is 10.2. The summed E-state index contributed by atoms with van der Waals surface area (Å²) in [7, 11) is 1.71.